The molecule has 1 aromatic carbocycles. The lowest BCUT2D eigenvalue weighted by atomic mass is 10.3. The fourth-order valence-electron chi connectivity index (χ4n) is 1.85. The molecule has 0 saturated carbocycles. The van der Waals surface area contributed by atoms with Gasteiger partial charge in [0.25, 0.3) is 0 Å². The molecule has 0 spiro atoms. The minimum absolute atomic E-state index is 0.419. The van der Waals surface area contributed by atoms with Crippen LogP contribution in [0.3, 0.4) is 0 Å². The summed E-state index contributed by atoms with van der Waals surface area (Å²) in [5, 5.41) is 5.11. The number of nitrogens with zero attached hydrogens (tertiary/aromatic N) is 4. The van der Waals surface area contributed by atoms with Crippen LogP contribution in [0.25, 0.3) is 16.7 Å². The molecule has 0 aliphatic rings. The van der Waals surface area contributed by atoms with Gasteiger partial charge in [0.1, 0.15) is 18.3 Å². The predicted molar refractivity (Wildman–Crippen MR) is 71.2 cm³/mol. The fraction of sp³-hybridized carbons (Fsp3) is 0.154. The summed E-state index contributed by atoms with van der Waals surface area (Å²) in [6.07, 6.45) is 3.17. The molecule has 96 valence electrons. The summed E-state index contributed by atoms with van der Waals surface area (Å²) in [5.41, 5.74) is 7.09. The van der Waals surface area contributed by atoms with Crippen LogP contribution in [0, 0.1) is 0 Å². The smallest absolute Gasteiger partial charge is 0.227 e. The molecule has 6 nitrogen and oxygen atoms in total. The largest absolute Gasteiger partial charge is 0.476 e. The Labute approximate surface area is 109 Å². The molecule has 0 radical (unpaired) electrons. The minimum Gasteiger partial charge on any atom is -0.476 e. The summed E-state index contributed by atoms with van der Waals surface area (Å²) in [5.74, 6) is 0.512. The summed E-state index contributed by atoms with van der Waals surface area (Å²) >= 11 is 0. The molecule has 2 aromatic heterocycles. The average molecular weight is 255 g/mol. The molecule has 0 bridgehead atoms. The van der Waals surface area contributed by atoms with Crippen molar-refractivity contribution in [3.8, 4) is 11.6 Å². The van der Waals surface area contributed by atoms with Crippen molar-refractivity contribution in [3.05, 3.63) is 42.9 Å². The van der Waals surface area contributed by atoms with Gasteiger partial charge in [0.15, 0.2) is 5.65 Å². The Bertz CT molecular complexity index is 680. The van der Waals surface area contributed by atoms with Gasteiger partial charge in [0, 0.05) is 6.54 Å². The SMILES string of the molecule is NCCOc1ncnc2c1cnn2-c1ccccc1. The lowest BCUT2D eigenvalue weighted by molar-refractivity contribution is 0.319. The number of hydrogen-bond acceptors (Lipinski definition) is 5. The van der Waals surface area contributed by atoms with Crippen molar-refractivity contribution < 1.29 is 4.74 Å². The highest BCUT2D eigenvalue weighted by molar-refractivity contribution is 5.81. The molecule has 2 heterocycles. The molecule has 6 heteroatoms. The Morgan fingerprint density at radius 1 is 1.16 bits per heavy atom. The van der Waals surface area contributed by atoms with Crippen LogP contribution in [0.5, 0.6) is 5.88 Å². The van der Waals surface area contributed by atoms with E-state index in [2.05, 4.69) is 15.1 Å². The van der Waals surface area contributed by atoms with E-state index in [1.54, 1.807) is 10.9 Å². The predicted octanol–water partition coefficient (Wildman–Crippen LogP) is 1.15. The van der Waals surface area contributed by atoms with Gasteiger partial charge in [-0.25, -0.2) is 14.6 Å². The van der Waals surface area contributed by atoms with Crippen molar-refractivity contribution in [2.75, 3.05) is 13.2 Å². The first-order valence-corrected chi connectivity index (χ1v) is 5.97. The minimum atomic E-state index is 0.419. The van der Waals surface area contributed by atoms with Crippen LogP contribution >= 0.6 is 0 Å². The van der Waals surface area contributed by atoms with E-state index in [0.717, 1.165) is 11.1 Å². The summed E-state index contributed by atoms with van der Waals surface area (Å²) in [4.78, 5) is 8.37. The lowest BCUT2D eigenvalue weighted by Crippen LogP contribution is -2.11. The molecule has 0 fully saturated rings. The highest BCUT2D eigenvalue weighted by Gasteiger charge is 2.11. The second-order valence-electron chi connectivity index (χ2n) is 3.95. The topological polar surface area (TPSA) is 78.8 Å². The Balaban J connectivity index is 2.09. The van der Waals surface area contributed by atoms with Crippen molar-refractivity contribution >= 4 is 11.0 Å². The highest BCUT2D eigenvalue weighted by atomic mass is 16.5. The van der Waals surface area contributed by atoms with E-state index in [9.17, 15) is 0 Å². The third-order valence-corrected chi connectivity index (χ3v) is 2.69. The Kier molecular flexibility index (Phi) is 3.07. The second kappa shape index (κ2) is 5.03. The van der Waals surface area contributed by atoms with E-state index in [0.29, 0.717) is 24.7 Å². The maximum atomic E-state index is 5.49. The highest BCUT2D eigenvalue weighted by Crippen LogP contribution is 2.22. The third kappa shape index (κ3) is 2.13. The number of rotatable bonds is 4. The van der Waals surface area contributed by atoms with Crippen molar-refractivity contribution in [2.24, 2.45) is 5.73 Å². The molecule has 3 aromatic rings. The number of fused-ring (bicyclic) bond motifs is 1. The molecule has 0 aliphatic carbocycles. The van der Waals surface area contributed by atoms with E-state index >= 15 is 0 Å². The van der Waals surface area contributed by atoms with Gasteiger partial charge in [0.2, 0.25) is 5.88 Å². The van der Waals surface area contributed by atoms with Crippen LogP contribution in [0.1, 0.15) is 0 Å². The van der Waals surface area contributed by atoms with E-state index in [1.165, 1.54) is 6.33 Å². The first kappa shape index (κ1) is 11.6. The van der Waals surface area contributed by atoms with Crippen LogP contribution in [0.4, 0.5) is 0 Å². The molecule has 0 atom stereocenters. The van der Waals surface area contributed by atoms with Gasteiger partial charge >= 0.3 is 0 Å². The average Bonchev–Trinajstić information content (AvgIpc) is 2.90. The maximum Gasteiger partial charge on any atom is 0.227 e. The summed E-state index contributed by atoms with van der Waals surface area (Å²) in [6, 6.07) is 9.80. The van der Waals surface area contributed by atoms with Crippen molar-refractivity contribution in [1.29, 1.82) is 0 Å². The number of hydrogen-bond donors (Lipinski definition) is 1. The normalized spacial score (nSPS) is 10.8. The zero-order chi connectivity index (χ0) is 13.1. The summed E-state index contributed by atoms with van der Waals surface area (Å²) in [7, 11) is 0. The van der Waals surface area contributed by atoms with Crippen LogP contribution < -0.4 is 10.5 Å². The van der Waals surface area contributed by atoms with Crippen molar-refractivity contribution in [3.63, 3.8) is 0 Å². The summed E-state index contributed by atoms with van der Waals surface area (Å²) < 4.78 is 7.24. The van der Waals surface area contributed by atoms with Crippen LogP contribution in [0.2, 0.25) is 0 Å². The molecule has 0 unspecified atom stereocenters. The molecule has 19 heavy (non-hydrogen) atoms. The van der Waals surface area contributed by atoms with Crippen molar-refractivity contribution in [1.82, 2.24) is 19.7 Å². The van der Waals surface area contributed by atoms with E-state index in [-0.39, 0.29) is 0 Å². The first-order chi connectivity index (χ1) is 9.40. The monoisotopic (exact) mass is 255 g/mol. The standard InChI is InChI=1S/C13H13N5O/c14-6-7-19-13-11-8-17-18(12(11)15-9-16-13)10-4-2-1-3-5-10/h1-5,8-9H,6-7,14H2. The van der Waals surface area contributed by atoms with Gasteiger partial charge in [0.05, 0.1) is 11.9 Å². The van der Waals surface area contributed by atoms with E-state index in [4.69, 9.17) is 10.5 Å². The van der Waals surface area contributed by atoms with E-state index in [1.807, 2.05) is 30.3 Å². The van der Waals surface area contributed by atoms with Crippen LogP contribution in [-0.4, -0.2) is 32.9 Å². The molecule has 0 amide bonds. The number of aromatic nitrogens is 4. The number of ether oxygens (including phenoxy) is 1. The van der Waals surface area contributed by atoms with Crippen LogP contribution in [-0.2, 0) is 0 Å². The molecule has 3 rings (SSSR count). The molecule has 0 aliphatic heterocycles. The van der Waals surface area contributed by atoms with Gasteiger partial charge in [-0.2, -0.15) is 5.10 Å². The Morgan fingerprint density at radius 3 is 2.79 bits per heavy atom. The number of para-hydroxylation sites is 1. The van der Waals surface area contributed by atoms with Gasteiger partial charge < -0.3 is 10.5 Å². The Morgan fingerprint density at radius 2 is 2.00 bits per heavy atom. The van der Waals surface area contributed by atoms with Gasteiger partial charge in [-0.15, -0.1) is 0 Å². The number of benzene rings is 1. The molecule has 2 N–H and O–H groups in total. The quantitative estimate of drug-likeness (QED) is 0.756. The lowest BCUT2D eigenvalue weighted by Gasteiger charge is -2.05. The number of nitrogens with two attached hydrogens (primary N) is 1. The summed E-state index contributed by atoms with van der Waals surface area (Å²) in [6.45, 7) is 0.862. The van der Waals surface area contributed by atoms with Crippen LogP contribution in [0.15, 0.2) is 42.9 Å². The molecular formula is C13H13N5O. The maximum absolute atomic E-state index is 5.49. The zero-order valence-electron chi connectivity index (χ0n) is 10.2. The molecule has 0 saturated heterocycles. The van der Waals surface area contributed by atoms with E-state index < -0.39 is 0 Å². The second-order valence-corrected chi connectivity index (χ2v) is 3.95. The third-order valence-electron chi connectivity index (χ3n) is 2.69. The first-order valence-electron chi connectivity index (χ1n) is 5.97. The van der Waals surface area contributed by atoms with Crippen molar-refractivity contribution in [2.45, 2.75) is 0 Å². The zero-order valence-corrected chi connectivity index (χ0v) is 10.2. The van der Waals surface area contributed by atoms with Gasteiger partial charge in [-0.3, -0.25) is 0 Å². The van der Waals surface area contributed by atoms with Gasteiger partial charge in [-0.1, -0.05) is 18.2 Å². The van der Waals surface area contributed by atoms with Gasteiger partial charge in [-0.05, 0) is 12.1 Å². The molecular weight excluding hydrogens is 242 g/mol. The Hall–Kier alpha value is -2.47. The fourth-order valence-corrected chi connectivity index (χ4v) is 1.85.